The molecule has 0 atom stereocenters. The predicted octanol–water partition coefficient (Wildman–Crippen LogP) is 1.00. The first kappa shape index (κ1) is 21.4. The summed E-state index contributed by atoms with van der Waals surface area (Å²) in [6.07, 6.45) is 5.34. The number of carbonyl (C=O) groups excluding carboxylic acids is 2. The number of amides is 2. The molecule has 0 aliphatic carbocycles. The number of aromatic nitrogens is 3. The molecule has 0 radical (unpaired) electrons. The monoisotopic (exact) mass is 372 g/mol. The molecule has 25 heavy (non-hydrogen) atoms. The first-order chi connectivity index (χ1) is 11.7. The molecule has 1 fully saturated rings. The molecule has 142 valence electrons. The van der Waals surface area contributed by atoms with Gasteiger partial charge >= 0.3 is 0 Å². The summed E-state index contributed by atoms with van der Waals surface area (Å²) in [5.41, 5.74) is 0.310. The molecular weight excluding hydrogens is 344 g/mol. The van der Waals surface area contributed by atoms with Crippen LogP contribution in [0.4, 0.5) is 0 Å². The minimum atomic E-state index is -0.233. The van der Waals surface area contributed by atoms with E-state index in [1.807, 2.05) is 13.8 Å². The standard InChI is InChI=1S/C16H28N6O2.ClH/c1-3-7-18-15(23)12-21(10-4-2)16(24)14-11-22(20-19-14)13-5-8-17-9-6-13;/h11,13,17H,3-10,12H2,1-2H3,(H,18,23);1H. The first-order valence-corrected chi connectivity index (χ1v) is 8.84. The zero-order valence-corrected chi connectivity index (χ0v) is 15.8. The van der Waals surface area contributed by atoms with E-state index in [9.17, 15) is 9.59 Å². The summed E-state index contributed by atoms with van der Waals surface area (Å²) < 4.78 is 1.79. The number of hydrogen-bond donors (Lipinski definition) is 2. The first-order valence-electron chi connectivity index (χ1n) is 8.84. The minimum Gasteiger partial charge on any atom is -0.355 e. The molecular formula is C16H29ClN6O2. The van der Waals surface area contributed by atoms with Crippen molar-refractivity contribution in [1.29, 1.82) is 0 Å². The van der Waals surface area contributed by atoms with E-state index in [4.69, 9.17) is 0 Å². The number of carbonyl (C=O) groups is 2. The minimum absolute atomic E-state index is 0. The van der Waals surface area contributed by atoms with Gasteiger partial charge in [-0.25, -0.2) is 4.68 Å². The molecule has 1 aliphatic heterocycles. The van der Waals surface area contributed by atoms with Crippen molar-refractivity contribution in [3.63, 3.8) is 0 Å². The van der Waals surface area contributed by atoms with Gasteiger partial charge in [-0.05, 0) is 38.8 Å². The normalized spacial score (nSPS) is 14.6. The largest absolute Gasteiger partial charge is 0.355 e. The third kappa shape index (κ3) is 6.28. The van der Waals surface area contributed by atoms with Crippen LogP contribution in [0.3, 0.4) is 0 Å². The van der Waals surface area contributed by atoms with Gasteiger partial charge in [0.2, 0.25) is 5.91 Å². The van der Waals surface area contributed by atoms with Gasteiger partial charge in [0.05, 0.1) is 18.8 Å². The molecule has 1 aliphatic rings. The molecule has 1 saturated heterocycles. The third-order valence-corrected chi connectivity index (χ3v) is 4.10. The van der Waals surface area contributed by atoms with Crippen molar-refractivity contribution in [3.8, 4) is 0 Å². The fraction of sp³-hybridized carbons (Fsp3) is 0.750. The van der Waals surface area contributed by atoms with Gasteiger partial charge in [-0.2, -0.15) is 0 Å². The van der Waals surface area contributed by atoms with Gasteiger partial charge in [0.25, 0.3) is 5.91 Å². The maximum atomic E-state index is 12.7. The van der Waals surface area contributed by atoms with Crippen LogP contribution >= 0.6 is 12.4 Å². The van der Waals surface area contributed by atoms with Gasteiger partial charge in [-0.3, -0.25) is 9.59 Å². The second-order valence-electron chi connectivity index (χ2n) is 6.14. The summed E-state index contributed by atoms with van der Waals surface area (Å²) in [5.74, 6) is -0.368. The average molecular weight is 373 g/mol. The highest BCUT2D eigenvalue weighted by Gasteiger charge is 2.23. The van der Waals surface area contributed by atoms with Crippen LogP contribution in [0.2, 0.25) is 0 Å². The summed E-state index contributed by atoms with van der Waals surface area (Å²) in [4.78, 5) is 26.1. The number of piperidine rings is 1. The Morgan fingerprint density at radius 2 is 2.04 bits per heavy atom. The number of nitrogens with one attached hydrogen (secondary N) is 2. The van der Waals surface area contributed by atoms with E-state index >= 15 is 0 Å². The molecule has 0 spiro atoms. The fourth-order valence-corrected chi connectivity index (χ4v) is 2.80. The molecule has 9 heteroatoms. The Labute approximate surface area is 155 Å². The highest BCUT2D eigenvalue weighted by atomic mass is 35.5. The van der Waals surface area contributed by atoms with Crippen molar-refractivity contribution < 1.29 is 9.59 Å². The highest BCUT2D eigenvalue weighted by molar-refractivity contribution is 5.94. The average Bonchev–Trinajstić information content (AvgIpc) is 3.10. The molecule has 0 bridgehead atoms. The summed E-state index contributed by atoms with van der Waals surface area (Å²) in [6, 6.07) is 0.285. The molecule has 2 N–H and O–H groups in total. The quantitative estimate of drug-likeness (QED) is 0.710. The smallest absolute Gasteiger partial charge is 0.276 e. The van der Waals surface area contributed by atoms with Crippen LogP contribution in [-0.4, -0.2) is 64.4 Å². The van der Waals surface area contributed by atoms with E-state index in [0.29, 0.717) is 18.8 Å². The Bertz CT molecular complexity index is 544. The predicted molar refractivity (Wildman–Crippen MR) is 97.9 cm³/mol. The zero-order valence-electron chi connectivity index (χ0n) is 15.0. The molecule has 8 nitrogen and oxygen atoms in total. The van der Waals surface area contributed by atoms with Crippen molar-refractivity contribution in [1.82, 2.24) is 30.5 Å². The molecule has 1 aromatic rings. The molecule has 2 heterocycles. The Hall–Kier alpha value is -1.67. The van der Waals surface area contributed by atoms with E-state index in [1.54, 1.807) is 15.8 Å². The number of rotatable bonds is 8. The number of hydrogen-bond acceptors (Lipinski definition) is 5. The van der Waals surface area contributed by atoms with Crippen LogP contribution in [0.25, 0.3) is 0 Å². The van der Waals surface area contributed by atoms with Crippen molar-refractivity contribution >= 4 is 24.2 Å². The topological polar surface area (TPSA) is 92.2 Å². The molecule has 0 aromatic carbocycles. The Morgan fingerprint density at radius 1 is 1.32 bits per heavy atom. The second-order valence-corrected chi connectivity index (χ2v) is 6.14. The van der Waals surface area contributed by atoms with Crippen molar-refractivity contribution in [3.05, 3.63) is 11.9 Å². The van der Waals surface area contributed by atoms with Crippen molar-refractivity contribution in [2.24, 2.45) is 0 Å². The summed E-state index contributed by atoms with van der Waals surface area (Å²) in [6.45, 7) is 7.09. The Balaban J connectivity index is 0.00000312. The van der Waals surface area contributed by atoms with E-state index in [1.165, 1.54) is 0 Å². The van der Waals surface area contributed by atoms with Crippen LogP contribution in [0.15, 0.2) is 6.20 Å². The maximum Gasteiger partial charge on any atom is 0.276 e. The third-order valence-electron chi connectivity index (χ3n) is 4.10. The van der Waals surface area contributed by atoms with Gasteiger partial charge in [0, 0.05) is 13.1 Å². The van der Waals surface area contributed by atoms with Gasteiger partial charge in [0.1, 0.15) is 0 Å². The van der Waals surface area contributed by atoms with Gasteiger partial charge in [0.15, 0.2) is 5.69 Å². The molecule has 0 saturated carbocycles. The SMILES string of the molecule is CCCNC(=O)CN(CCC)C(=O)c1cn(C2CCNCC2)nn1.Cl. The number of nitrogens with zero attached hydrogens (tertiary/aromatic N) is 4. The zero-order chi connectivity index (χ0) is 17.4. The highest BCUT2D eigenvalue weighted by Crippen LogP contribution is 2.17. The molecule has 2 rings (SSSR count). The molecule has 0 unspecified atom stereocenters. The summed E-state index contributed by atoms with van der Waals surface area (Å²) in [5, 5.41) is 14.3. The summed E-state index contributed by atoms with van der Waals surface area (Å²) >= 11 is 0. The molecule has 1 aromatic heterocycles. The van der Waals surface area contributed by atoms with Crippen LogP contribution in [0.1, 0.15) is 56.1 Å². The lowest BCUT2D eigenvalue weighted by Gasteiger charge is -2.22. The molecule has 2 amide bonds. The van der Waals surface area contributed by atoms with E-state index < -0.39 is 0 Å². The van der Waals surface area contributed by atoms with Crippen LogP contribution < -0.4 is 10.6 Å². The fourth-order valence-electron chi connectivity index (χ4n) is 2.80. The van der Waals surface area contributed by atoms with Gasteiger partial charge in [-0.15, -0.1) is 17.5 Å². The van der Waals surface area contributed by atoms with Crippen molar-refractivity contribution in [2.45, 2.75) is 45.6 Å². The van der Waals surface area contributed by atoms with Gasteiger partial charge in [-0.1, -0.05) is 19.1 Å². The Kier molecular flexibility index (Phi) is 9.44. The van der Waals surface area contributed by atoms with E-state index in [2.05, 4.69) is 20.9 Å². The lowest BCUT2D eigenvalue weighted by atomic mass is 10.1. The number of halogens is 1. The van der Waals surface area contributed by atoms with Crippen molar-refractivity contribution in [2.75, 3.05) is 32.7 Å². The van der Waals surface area contributed by atoms with Crippen LogP contribution in [0.5, 0.6) is 0 Å². The van der Waals surface area contributed by atoms with Crippen LogP contribution in [-0.2, 0) is 4.79 Å². The van der Waals surface area contributed by atoms with E-state index in [-0.39, 0.29) is 36.8 Å². The van der Waals surface area contributed by atoms with Gasteiger partial charge < -0.3 is 15.5 Å². The lowest BCUT2D eigenvalue weighted by molar-refractivity contribution is -0.121. The van der Waals surface area contributed by atoms with Crippen LogP contribution in [0, 0.1) is 0 Å². The van der Waals surface area contributed by atoms with E-state index in [0.717, 1.165) is 38.8 Å². The maximum absolute atomic E-state index is 12.7. The summed E-state index contributed by atoms with van der Waals surface area (Å²) in [7, 11) is 0. The Morgan fingerprint density at radius 3 is 2.68 bits per heavy atom. The lowest BCUT2D eigenvalue weighted by Crippen LogP contribution is -2.41. The second kappa shape index (κ2) is 11.0.